The van der Waals surface area contributed by atoms with Gasteiger partial charge in [-0.15, -0.1) is 11.3 Å². The van der Waals surface area contributed by atoms with E-state index in [-0.39, 0.29) is 5.91 Å². The van der Waals surface area contributed by atoms with E-state index in [0.29, 0.717) is 23.6 Å². The lowest BCUT2D eigenvalue weighted by Gasteiger charge is -2.11. The first-order valence-corrected chi connectivity index (χ1v) is 10.6. The van der Waals surface area contributed by atoms with Crippen LogP contribution in [0.15, 0.2) is 78.9 Å². The van der Waals surface area contributed by atoms with Crippen molar-refractivity contribution in [2.75, 3.05) is 0 Å². The predicted molar refractivity (Wildman–Crippen MR) is 121 cm³/mol. The predicted octanol–water partition coefficient (Wildman–Crippen LogP) is 6.15. The van der Waals surface area contributed by atoms with Crippen molar-refractivity contribution in [1.29, 1.82) is 0 Å². The average molecular weight is 415 g/mol. The van der Waals surface area contributed by atoms with Crippen molar-refractivity contribution in [2.45, 2.75) is 20.4 Å². The summed E-state index contributed by atoms with van der Waals surface area (Å²) in [6.45, 7) is 4.48. The molecule has 0 aliphatic rings. The lowest BCUT2D eigenvalue weighted by atomic mass is 10.1. The summed E-state index contributed by atoms with van der Waals surface area (Å²) in [4.78, 5) is 18.6. The first kappa shape index (κ1) is 19.9. The third-order valence-electron chi connectivity index (χ3n) is 4.78. The van der Waals surface area contributed by atoms with Crippen molar-refractivity contribution >= 4 is 17.2 Å². The molecule has 0 aliphatic heterocycles. The molecule has 0 saturated heterocycles. The minimum absolute atomic E-state index is 0.174. The average Bonchev–Trinajstić information content (AvgIpc) is 3.14. The van der Waals surface area contributed by atoms with Gasteiger partial charge in [-0.25, -0.2) is 4.98 Å². The van der Waals surface area contributed by atoms with E-state index >= 15 is 0 Å². The van der Waals surface area contributed by atoms with E-state index in [0.717, 1.165) is 21.1 Å². The fourth-order valence-corrected chi connectivity index (χ4v) is 4.23. The van der Waals surface area contributed by atoms with Crippen LogP contribution >= 0.6 is 11.3 Å². The molecule has 4 nitrogen and oxygen atoms in total. The second-order valence-corrected chi connectivity index (χ2v) is 8.02. The molecule has 30 heavy (non-hydrogen) atoms. The van der Waals surface area contributed by atoms with Crippen LogP contribution in [0.2, 0.25) is 0 Å². The summed E-state index contributed by atoms with van der Waals surface area (Å²) in [6, 6.07) is 24.9. The van der Waals surface area contributed by atoms with Crippen molar-refractivity contribution in [2.24, 2.45) is 0 Å². The molecule has 4 aromatic rings. The minimum atomic E-state index is -0.174. The number of carbonyl (C=O) groups excluding carboxylic acids is 1. The second kappa shape index (κ2) is 8.93. The van der Waals surface area contributed by atoms with Gasteiger partial charge in [-0.1, -0.05) is 54.6 Å². The van der Waals surface area contributed by atoms with E-state index in [1.54, 1.807) is 23.5 Å². The summed E-state index contributed by atoms with van der Waals surface area (Å²) in [6.07, 6.45) is 0. The molecule has 0 aliphatic carbocycles. The van der Waals surface area contributed by atoms with E-state index in [1.165, 1.54) is 5.56 Å². The molecule has 1 amide bonds. The summed E-state index contributed by atoms with van der Waals surface area (Å²) >= 11 is 1.61. The molecule has 3 aromatic carbocycles. The molecule has 150 valence electrons. The molecule has 1 heterocycles. The van der Waals surface area contributed by atoms with Gasteiger partial charge in [0.2, 0.25) is 0 Å². The first-order valence-electron chi connectivity index (χ1n) is 9.74. The third kappa shape index (κ3) is 4.42. The Balaban J connectivity index is 1.49. The highest BCUT2D eigenvalue weighted by Crippen LogP contribution is 2.30. The fourth-order valence-electron chi connectivity index (χ4n) is 3.13. The molecule has 0 spiro atoms. The van der Waals surface area contributed by atoms with Gasteiger partial charge in [-0.2, -0.15) is 0 Å². The molecule has 0 atom stereocenters. The van der Waals surface area contributed by atoms with Gasteiger partial charge in [0.25, 0.3) is 5.91 Å². The molecule has 0 bridgehead atoms. The maximum Gasteiger partial charge on any atom is 0.255 e. The quantitative estimate of drug-likeness (QED) is 0.412. The normalized spacial score (nSPS) is 10.6. The number of rotatable bonds is 6. The van der Waals surface area contributed by atoms with Crippen LogP contribution in [0.4, 0.5) is 0 Å². The van der Waals surface area contributed by atoms with Crippen molar-refractivity contribution in [3.8, 4) is 22.1 Å². The highest BCUT2D eigenvalue weighted by Gasteiger charge is 2.15. The molecule has 1 N–H and O–H groups in total. The molecule has 1 aromatic heterocycles. The van der Waals surface area contributed by atoms with Gasteiger partial charge in [0.05, 0.1) is 17.8 Å². The summed E-state index contributed by atoms with van der Waals surface area (Å²) in [5.74, 6) is 1.05. The summed E-state index contributed by atoms with van der Waals surface area (Å²) in [5, 5.41) is 3.99. The SMILES string of the molecule is Cc1ccccc1-c1nc(C)c(CNC(=O)c2ccccc2Oc2ccccc2)s1. The Morgan fingerprint density at radius 3 is 2.43 bits per heavy atom. The van der Waals surface area contributed by atoms with Crippen LogP contribution in [0.25, 0.3) is 10.6 Å². The Morgan fingerprint density at radius 1 is 0.933 bits per heavy atom. The zero-order valence-electron chi connectivity index (χ0n) is 16.9. The van der Waals surface area contributed by atoms with Crippen LogP contribution < -0.4 is 10.1 Å². The lowest BCUT2D eigenvalue weighted by molar-refractivity contribution is 0.0949. The van der Waals surface area contributed by atoms with Crippen molar-refractivity contribution in [3.05, 3.63) is 101 Å². The Morgan fingerprint density at radius 2 is 1.63 bits per heavy atom. The van der Waals surface area contributed by atoms with Crippen LogP contribution in [0.5, 0.6) is 11.5 Å². The zero-order valence-corrected chi connectivity index (χ0v) is 17.7. The fraction of sp³-hybridized carbons (Fsp3) is 0.120. The Bertz CT molecular complexity index is 1170. The summed E-state index contributed by atoms with van der Waals surface area (Å²) < 4.78 is 5.91. The van der Waals surface area contributed by atoms with E-state index in [1.807, 2.05) is 61.5 Å². The Kier molecular flexibility index (Phi) is 5.91. The summed E-state index contributed by atoms with van der Waals surface area (Å²) in [5.41, 5.74) is 3.76. The van der Waals surface area contributed by atoms with Crippen LogP contribution in [-0.4, -0.2) is 10.9 Å². The second-order valence-electron chi connectivity index (χ2n) is 6.94. The molecule has 0 fully saturated rings. The van der Waals surface area contributed by atoms with Crippen LogP contribution in [0, 0.1) is 13.8 Å². The smallest absolute Gasteiger partial charge is 0.255 e. The highest BCUT2D eigenvalue weighted by molar-refractivity contribution is 7.15. The summed E-state index contributed by atoms with van der Waals surface area (Å²) in [7, 11) is 0. The van der Waals surface area contributed by atoms with Crippen LogP contribution in [-0.2, 0) is 6.54 Å². The number of aromatic nitrogens is 1. The van der Waals surface area contributed by atoms with Gasteiger partial charge in [0.1, 0.15) is 16.5 Å². The number of hydrogen-bond donors (Lipinski definition) is 1. The Labute approximate surface area is 180 Å². The number of benzene rings is 3. The van der Waals surface area contributed by atoms with Crippen molar-refractivity contribution in [3.63, 3.8) is 0 Å². The maximum atomic E-state index is 12.9. The molecule has 5 heteroatoms. The van der Waals surface area contributed by atoms with Gasteiger partial charge >= 0.3 is 0 Å². The number of para-hydroxylation sites is 2. The number of nitrogens with zero attached hydrogens (tertiary/aromatic N) is 1. The number of amides is 1. The highest BCUT2D eigenvalue weighted by atomic mass is 32.1. The Hall–Kier alpha value is -3.44. The molecule has 0 radical (unpaired) electrons. The van der Waals surface area contributed by atoms with Gasteiger partial charge < -0.3 is 10.1 Å². The van der Waals surface area contributed by atoms with Gasteiger partial charge in [-0.05, 0) is 43.7 Å². The molecule has 4 rings (SSSR count). The van der Waals surface area contributed by atoms with Crippen molar-refractivity contribution in [1.82, 2.24) is 10.3 Å². The topological polar surface area (TPSA) is 51.2 Å². The monoisotopic (exact) mass is 414 g/mol. The van der Waals surface area contributed by atoms with Gasteiger partial charge in [0, 0.05) is 10.4 Å². The number of thiazole rings is 1. The number of nitrogens with one attached hydrogen (secondary N) is 1. The number of ether oxygens (including phenoxy) is 1. The zero-order chi connectivity index (χ0) is 20.9. The lowest BCUT2D eigenvalue weighted by Crippen LogP contribution is -2.23. The first-order chi connectivity index (χ1) is 14.6. The van der Waals surface area contributed by atoms with E-state index in [9.17, 15) is 4.79 Å². The third-order valence-corrected chi connectivity index (χ3v) is 5.97. The van der Waals surface area contributed by atoms with E-state index in [2.05, 4.69) is 24.4 Å². The number of carbonyl (C=O) groups is 1. The van der Waals surface area contributed by atoms with E-state index in [4.69, 9.17) is 9.72 Å². The largest absolute Gasteiger partial charge is 0.457 e. The molecular weight excluding hydrogens is 392 g/mol. The molecular formula is C25H22N2O2S. The molecule has 0 unspecified atom stereocenters. The standard InChI is InChI=1S/C25H22N2O2S/c1-17-10-6-7-13-20(17)25-27-18(2)23(30-25)16-26-24(28)21-14-8-9-15-22(21)29-19-11-4-3-5-12-19/h3-15H,16H2,1-2H3,(H,26,28). The van der Waals surface area contributed by atoms with Gasteiger partial charge in [0.15, 0.2) is 0 Å². The van der Waals surface area contributed by atoms with Crippen LogP contribution in [0.1, 0.15) is 26.5 Å². The van der Waals surface area contributed by atoms with Crippen LogP contribution in [0.3, 0.4) is 0 Å². The minimum Gasteiger partial charge on any atom is -0.457 e. The molecule has 0 saturated carbocycles. The van der Waals surface area contributed by atoms with Gasteiger partial charge in [-0.3, -0.25) is 4.79 Å². The number of hydrogen-bond acceptors (Lipinski definition) is 4. The number of aryl methyl sites for hydroxylation is 2. The van der Waals surface area contributed by atoms with Crippen molar-refractivity contribution < 1.29 is 9.53 Å². The maximum absolute atomic E-state index is 12.9. The van der Waals surface area contributed by atoms with E-state index < -0.39 is 0 Å².